The zero-order valence-electron chi connectivity index (χ0n) is 15.1. The molecule has 2 heterocycles. The molecule has 0 atom stereocenters. The van der Waals surface area contributed by atoms with Gasteiger partial charge in [0.05, 0.1) is 18.4 Å². The Morgan fingerprint density at radius 3 is 2.55 bits per heavy atom. The number of carbonyl (C=O) groups excluding carboxylic acids is 1. The quantitative estimate of drug-likeness (QED) is 0.566. The van der Waals surface area contributed by atoms with E-state index in [0.717, 1.165) is 10.2 Å². The number of hydrogen-bond donors (Lipinski definition) is 1. The van der Waals surface area contributed by atoms with E-state index >= 15 is 0 Å². The van der Waals surface area contributed by atoms with E-state index in [1.807, 2.05) is 30.3 Å². The SMILES string of the molecule is O=C(NCc1ncc(-c2ccccc2)o1)c1ccc(=O)n(-c2ccc(F)cc2)n1. The summed E-state index contributed by atoms with van der Waals surface area (Å²) in [5.41, 5.74) is 0.828. The van der Waals surface area contributed by atoms with Crippen LogP contribution < -0.4 is 10.9 Å². The highest BCUT2D eigenvalue weighted by molar-refractivity contribution is 5.91. The van der Waals surface area contributed by atoms with Gasteiger partial charge in [0, 0.05) is 11.6 Å². The standard InChI is InChI=1S/C21H15FN4O3/c22-15-6-8-16(9-7-15)26-20(27)11-10-17(25-26)21(28)24-13-19-23-12-18(29-19)14-4-2-1-3-5-14/h1-12H,13H2,(H,24,28). The molecule has 0 spiro atoms. The van der Waals surface area contributed by atoms with Gasteiger partial charge in [-0.05, 0) is 30.3 Å². The minimum atomic E-state index is -0.500. The van der Waals surface area contributed by atoms with E-state index in [4.69, 9.17) is 4.42 Å². The van der Waals surface area contributed by atoms with E-state index < -0.39 is 17.3 Å². The number of nitrogens with zero attached hydrogens (tertiary/aromatic N) is 3. The Labute approximate surface area is 164 Å². The molecule has 0 saturated heterocycles. The van der Waals surface area contributed by atoms with Crippen LogP contribution in [0, 0.1) is 5.82 Å². The largest absolute Gasteiger partial charge is 0.439 e. The van der Waals surface area contributed by atoms with Crippen LogP contribution >= 0.6 is 0 Å². The Bertz CT molecular complexity index is 1200. The molecule has 0 aliphatic heterocycles. The minimum Gasteiger partial charge on any atom is -0.439 e. The lowest BCUT2D eigenvalue weighted by molar-refractivity contribution is 0.0940. The molecule has 4 rings (SSSR count). The summed E-state index contributed by atoms with van der Waals surface area (Å²) in [6.07, 6.45) is 1.59. The highest BCUT2D eigenvalue weighted by atomic mass is 19.1. The molecule has 1 N–H and O–H groups in total. The summed E-state index contributed by atoms with van der Waals surface area (Å²) in [5, 5.41) is 6.71. The van der Waals surface area contributed by atoms with Crippen molar-refractivity contribution in [3.63, 3.8) is 0 Å². The van der Waals surface area contributed by atoms with Crippen LogP contribution in [0.25, 0.3) is 17.0 Å². The Hall–Kier alpha value is -4.07. The molecule has 4 aromatic rings. The number of benzene rings is 2. The lowest BCUT2D eigenvalue weighted by Gasteiger charge is -2.07. The summed E-state index contributed by atoms with van der Waals surface area (Å²) >= 11 is 0. The summed E-state index contributed by atoms with van der Waals surface area (Å²) < 4.78 is 19.8. The van der Waals surface area contributed by atoms with Crippen molar-refractivity contribution in [3.05, 3.63) is 101 Å². The molecular formula is C21H15FN4O3. The fraction of sp³-hybridized carbons (Fsp3) is 0.0476. The molecule has 1 amide bonds. The van der Waals surface area contributed by atoms with Gasteiger partial charge < -0.3 is 9.73 Å². The van der Waals surface area contributed by atoms with Crippen LogP contribution in [0.5, 0.6) is 0 Å². The van der Waals surface area contributed by atoms with Crippen molar-refractivity contribution in [2.45, 2.75) is 6.54 Å². The normalized spacial score (nSPS) is 10.7. The Morgan fingerprint density at radius 1 is 1.03 bits per heavy atom. The topological polar surface area (TPSA) is 90.0 Å². The van der Waals surface area contributed by atoms with Crippen molar-refractivity contribution in [2.24, 2.45) is 0 Å². The molecule has 0 aliphatic carbocycles. The van der Waals surface area contributed by atoms with Gasteiger partial charge in [0.25, 0.3) is 11.5 Å². The zero-order valence-corrected chi connectivity index (χ0v) is 15.1. The number of rotatable bonds is 5. The maximum atomic E-state index is 13.1. The average Bonchev–Trinajstić information content (AvgIpc) is 3.23. The van der Waals surface area contributed by atoms with Crippen LogP contribution in [0.15, 0.2) is 82.1 Å². The van der Waals surface area contributed by atoms with Crippen LogP contribution in [0.1, 0.15) is 16.4 Å². The number of nitrogens with one attached hydrogen (secondary N) is 1. The Morgan fingerprint density at radius 2 is 1.79 bits per heavy atom. The second-order valence-corrected chi connectivity index (χ2v) is 6.11. The maximum absolute atomic E-state index is 13.1. The first-order valence-electron chi connectivity index (χ1n) is 8.75. The van der Waals surface area contributed by atoms with Crippen molar-refractivity contribution >= 4 is 5.91 Å². The van der Waals surface area contributed by atoms with Crippen molar-refractivity contribution in [1.29, 1.82) is 0 Å². The minimum absolute atomic E-state index is 0.0313. The molecule has 2 aromatic carbocycles. The average molecular weight is 390 g/mol. The van der Waals surface area contributed by atoms with Gasteiger partial charge in [-0.2, -0.15) is 9.78 Å². The van der Waals surface area contributed by atoms with Gasteiger partial charge in [0.2, 0.25) is 5.89 Å². The summed E-state index contributed by atoms with van der Waals surface area (Å²) in [6, 6.07) is 17.3. The molecule has 144 valence electrons. The monoisotopic (exact) mass is 390 g/mol. The highest BCUT2D eigenvalue weighted by Gasteiger charge is 2.13. The van der Waals surface area contributed by atoms with Crippen LogP contribution in [-0.4, -0.2) is 20.7 Å². The molecule has 0 unspecified atom stereocenters. The fourth-order valence-corrected chi connectivity index (χ4v) is 2.67. The molecule has 7 nitrogen and oxygen atoms in total. The first-order chi connectivity index (χ1) is 14.1. The molecule has 0 fully saturated rings. The molecule has 0 bridgehead atoms. The van der Waals surface area contributed by atoms with Gasteiger partial charge >= 0.3 is 0 Å². The van der Waals surface area contributed by atoms with Gasteiger partial charge in [0.15, 0.2) is 5.76 Å². The maximum Gasteiger partial charge on any atom is 0.272 e. The number of halogens is 1. The molecule has 8 heteroatoms. The molecule has 2 aromatic heterocycles. The summed E-state index contributed by atoms with van der Waals surface area (Å²) in [5.74, 6) is -0.00117. The molecule has 0 radical (unpaired) electrons. The van der Waals surface area contributed by atoms with E-state index in [0.29, 0.717) is 17.3 Å². The molecular weight excluding hydrogens is 375 g/mol. The second-order valence-electron chi connectivity index (χ2n) is 6.11. The molecule has 29 heavy (non-hydrogen) atoms. The van der Waals surface area contributed by atoms with Gasteiger partial charge in [-0.1, -0.05) is 30.3 Å². The third-order valence-corrected chi connectivity index (χ3v) is 4.12. The number of aromatic nitrogens is 3. The number of hydrogen-bond acceptors (Lipinski definition) is 5. The summed E-state index contributed by atoms with van der Waals surface area (Å²) in [4.78, 5) is 28.6. The number of oxazole rings is 1. The lowest BCUT2D eigenvalue weighted by Crippen LogP contribution is -2.28. The zero-order chi connectivity index (χ0) is 20.2. The smallest absolute Gasteiger partial charge is 0.272 e. The lowest BCUT2D eigenvalue weighted by atomic mass is 10.2. The third kappa shape index (κ3) is 4.11. The van der Waals surface area contributed by atoms with Gasteiger partial charge in [-0.25, -0.2) is 9.37 Å². The molecule has 0 aliphatic rings. The Balaban J connectivity index is 1.48. The van der Waals surface area contributed by atoms with E-state index in [1.165, 1.54) is 36.4 Å². The second kappa shape index (κ2) is 7.89. The van der Waals surface area contributed by atoms with Gasteiger partial charge in [-0.15, -0.1) is 0 Å². The predicted molar refractivity (Wildman–Crippen MR) is 103 cm³/mol. The first kappa shape index (κ1) is 18.3. The predicted octanol–water partition coefficient (Wildman–Crippen LogP) is 2.96. The van der Waals surface area contributed by atoms with Crippen LogP contribution in [-0.2, 0) is 6.54 Å². The van der Waals surface area contributed by atoms with E-state index in [2.05, 4.69) is 15.4 Å². The van der Waals surface area contributed by atoms with Gasteiger partial charge in [-0.3, -0.25) is 9.59 Å². The number of carbonyl (C=O) groups is 1. The van der Waals surface area contributed by atoms with Crippen molar-refractivity contribution < 1.29 is 13.6 Å². The summed E-state index contributed by atoms with van der Waals surface area (Å²) in [6.45, 7) is 0.0586. The highest BCUT2D eigenvalue weighted by Crippen LogP contribution is 2.19. The van der Waals surface area contributed by atoms with Crippen LogP contribution in [0.4, 0.5) is 4.39 Å². The van der Waals surface area contributed by atoms with Crippen LogP contribution in [0.3, 0.4) is 0 Å². The van der Waals surface area contributed by atoms with E-state index in [-0.39, 0.29) is 12.2 Å². The first-order valence-corrected chi connectivity index (χ1v) is 8.75. The van der Waals surface area contributed by atoms with Crippen LogP contribution in [0.2, 0.25) is 0 Å². The summed E-state index contributed by atoms with van der Waals surface area (Å²) in [7, 11) is 0. The van der Waals surface area contributed by atoms with E-state index in [9.17, 15) is 14.0 Å². The van der Waals surface area contributed by atoms with Crippen molar-refractivity contribution in [2.75, 3.05) is 0 Å². The number of amides is 1. The third-order valence-electron chi connectivity index (χ3n) is 4.12. The van der Waals surface area contributed by atoms with Crippen molar-refractivity contribution in [3.8, 4) is 17.0 Å². The van der Waals surface area contributed by atoms with E-state index in [1.54, 1.807) is 6.20 Å². The van der Waals surface area contributed by atoms with Gasteiger partial charge in [0.1, 0.15) is 11.5 Å². The fourth-order valence-electron chi connectivity index (χ4n) is 2.67. The molecule has 0 saturated carbocycles. The Kier molecular flexibility index (Phi) is 4.98. The van der Waals surface area contributed by atoms with Crippen molar-refractivity contribution in [1.82, 2.24) is 20.1 Å².